The lowest BCUT2D eigenvalue weighted by atomic mass is 10.1. The van der Waals surface area contributed by atoms with Crippen LogP contribution < -0.4 is 5.32 Å². The van der Waals surface area contributed by atoms with E-state index >= 15 is 0 Å². The number of carbonyl (C=O) groups is 1. The van der Waals surface area contributed by atoms with Crippen LogP contribution in [-0.2, 0) is 10.0 Å². The Morgan fingerprint density at radius 2 is 1.78 bits per heavy atom. The maximum Gasteiger partial charge on any atom is 0.252 e. The van der Waals surface area contributed by atoms with E-state index in [1.165, 1.54) is 24.2 Å². The van der Waals surface area contributed by atoms with E-state index in [0.717, 1.165) is 36.1 Å². The van der Waals surface area contributed by atoms with Crippen molar-refractivity contribution in [1.29, 1.82) is 0 Å². The van der Waals surface area contributed by atoms with Crippen LogP contribution in [0.5, 0.6) is 0 Å². The molecule has 1 N–H and O–H groups in total. The third-order valence-corrected chi connectivity index (χ3v) is 8.84. The molecule has 1 amide bonds. The lowest BCUT2D eigenvalue weighted by Crippen LogP contribution is -2.32. The molecule has 0 unspecified atom stereocenters. The summed E-state index contributed by atoms with van der Waals surface area (Å²) in [6, 6.07) is 11.2. The average Bonchev–Trinajstić information content (AvgIpc) is 3.43. The van der Waals surface area contributed by atoms with E-state index in [4.69, 9.17) is 0 Å². The van der Waals surface area contributed by atoms with E-state index in [1.807, 2.05) is 30.3 Å². The van der Waals surface area contributed by atoms with Gasteiger partial charge in [-0.15, -0.1) is 11.3 Å². The van der Waals surface area contributed by atoms with Gasteiger partial charge < -0.3 is 5.32 Å². The summed E-state index contributed by atoms with van der Waals surface area (Å²) in [5.41, 5.74) is 1.50. The van der Waals surface area contributed by atoms with Crippen LogP contribution in [0, 0.1) is 0 Å². The van der Waals surface area contributed by atoms with Gasteiger partial charge in [-0.25, -0.2) is 8.42 Å². The number of hydrogen-bond acceptors (Lipinski definition) is 4. The van der Waals surface area contributed by atoms with Crippen LogP contribution in [0.3, 0.4) is 0 Å². The fourth-order valence-corrected chi connectivity index (χ4v) is 6.80. The first-order valence-corrected chi connectivity index (χ1v) is 11.8. The summed E-state index contributed by atoms with van der Waals surface area (Å²) in [4.78, 5) is 13.4. The molecule has 7 heteroatoms. The van der Waals surface area contributed by atoms with Crippen LogP contribution in [0.2, 0.25) is 0 Å². The second kappa shape index (κ2) is 7.73. The Hall–Kier alpha value is -1.70. The van der Waals surface area contributed by atoms with Gasteiger partial charge in [0.05, 0.1) is 0 Å². The van der Waals surface area contributed by atoms with E-state index in [0.29, 0.717) is 22.9 Å². The summed E-state index contributed by atoms with van der Waals surface area (Å²) in [7, 11) is -3.40. The number of nitrogens with one attached hydrogen (secondary N) is 1. The first kappa shape index (κ1) is 18.7. The Labute approximate surface area is 164 Å². The molecule has 5 nitrogen and oxygen atoms in total. The van der Waals surface area contributed by atoms with Crippen LogP contribution >= 0.6 is 11.3 Å². The molecular formula is C20H24N2O3S2. The highest BCUT2D eigenvalue weighted by atomic mass is 32.2. The van der Waals surface area contributed by atoms with Gasteiger partial charge in [-0.05, 0) is 55.5 Å². The molecule has 1 aliphatic carbocycles. The molecule has 4 rings (SSSR count). The zero-order valence-electron chi connectivity index (χ0n) is 15.2. The molecule has 1 aliphatic heterocycles. The van der Waals surface area contributed by atoms with Gasteiger partial charge in [-0.3, -0.25) is 4.79 Å². The molecule has 2 fully saturated rings. The van der Waals surface area contributed by atoms with Crippen molar-refractivity contribution >= 4 is 27.3 Å². The minimum absolute atomic E-state index is 0.0507. The highest BCUT2D eigenvalue weighted by Gasteiger charge is 2.28. The first-order chi connectivity index (χ1) is 13.0. The van der Waals surface area contributed by atoms with Gasteiger partial charge in [0, 0.05) is 29.6 Å². The van der Waals surface area contributed by atoms with Crippen molar-refractivity contribution in [3.05, 3.63) is 42.0 Å². The van der Waals surface area contributed by atoms with Crippen LogP contribution in [0.15, 0.2) is 40.6 Å². The fourth-order valence-electron chi connectivity index (χ4n) is 3.82. The van der Waals surface area contributed by atoms with Gasteiger partial charge in [0.15, 0.2) is 0 Å². The Kier molecular flexibility index (Phi) is 5.34. The number of nitrogens with zero attached hydrogens (tertiary/aromatic N) is 1. The number of sulfonamides is 1. The summed E-state index contributed by atoms with van der Waals surface area (Å²) < 4.78 is 27.4. The number of thiophene rings is 1. The van der Waals surface area contributed by atoms with Crippen molar-refractivity contribution in [3.63, 3.8) is 0 Å². The lowest BCUT2D eigenvalue weighted by molar-refractivity contribution is 0.0938. The van der Waals surface area contributed by atoms with E-state index in [1.54, 1.807) is 10.4 Å². The number of amides is 1. The van der Waals surface area contributed by atoms with Gasteiger partial charge in [0.25, 0.3) is 15.9 Å². The van der Waals surface area contributed by atoms with E-state index in [2.05, 4.69) is 5.32 Å². The minimum Gasteiger partial charge on any atom is -0.349 e. The molecule has 0 bridgehead atoms. The molecule has 0 spiro atoms. The van der Waals surface area contributed by atoms with Gasteiger partial charge in [-0.1, -0.05) is 25.0 Å². The van der Waals surface area contributed by atoms with Gasteiger partial charge in [0.1, 0.15) is 4.21 Å². The smallest absolute Gasteiger partial charge is 0.252 e. The van der Waals surface area contributed by atoms with Crippen molar-refractivity contribution in [2.45, 2.75) is 48.8 Å². The fraction of sp³-hybridized carbons (Fsp3) is 0.450. The van der Waals surface area contributed by atoms with Gasteiger partial charge in [-0.2, -0.15) is 4.31 Å². The van der Waals surface area contributed by atoms with Crippen LogP contribution in [0.25, 0.3) is 10.4 Å². The van der Waals surface area contributed by atoms with Crippen molar-refractivity contribution in [3.8, 4) is 10.4 Å². The molecular weight excluding hydrogens is 380 g/mol. The van der Waals surface area contributed by atoms with Crippen LogP contribution in [0.1, 0.15) is 48.9 Å². The Balaban J connectivity index is 1.54. The van der Waals surface area contributed by atoms with Crippen molar-refractivity contribution < 1.29 is 13.2 Å². The van der Waals surface area contributed by atoms with Gasteiger partial charge >= 0.3 is 0 Å². The SMILES string of the molecule is O=C(NC1CCCC1)c1cccc(-c2ccc(S(=O)(=O)N3CCCC3)s2)c1. The monoisotopic (exact) mass is 404 g/mol. The van der Waals surface area contributed by atoms with Crippen LogP contribution in [-0.4, -0.2) is 37.8 Å². The second-order valence-electron chi connectivity index (χ2n) is 7.27. The van der Waals surface area contributed by atoms with Crippen molar-refractivity contribution in [1.82, 2.24) is 9.62 Å². The zero-order valence-corrected chi connectivity index (χ0v) is 16.8. The summed E-state index contributed by atoms with van der Waals surface area (Å²) >= 11 is 1.27. The largest absolute Gasteiger partial charge is 0.349 e. The predicted molar refractivity (Wildman–Crippen MR) is 107 cm³/mol. The molecule has 2 aromatic rings. The Morgan fingerprint density at radius 3 is 2.52 bits per heavy atom. The molecule has 1 aromatic heterocycles. The van der Waals surface area contributed by atoms with E-state index in [-0.39, 0.29) is 11.9 Å². The second-order valence-corrected chi connectivity index (χ2v) is 10.5. The third-order valence-electron chi connectivity index (χ3n) is 5.34. The molecule has 27 heavy (non-hydrogen) atoms. The number of carbonyl (C=O) groups excluding carboxylic acids is 1. The minimum atomic E-state index is -3.40. The third kappa shape index (κ3) is 3.95. The highest BCUT2D eigenvalue weighted by Crippen LogP contribution is 2.33. The normalized spacial score (nSPS) is 18.8. The Morgan fingerprint density at radius 1 is 1.04 bits per heavy atom. The van der Waals surface area contributed by atoms with Crippen molar-refractivity contribution in [2.75, 3.05) is 13.1 Å². The van der Waals surface area contributed by atoms with Crippen LogP contribution in [0.4, 0.5) is 0 Å². The van der Waals surface area contributed by atoms with E-state index in [9.17, 15) is 13.2 Å². The quantitative estimate of drug-likeness (QED) is 0.823. The molecule has 144 valence electrons. The lowest BCUT2D eigenvalue weighted by Gasteiger charge is -2.13. The average molecular weight is 405 g/mol. The summed E-state index contributed by atoms with van der Waals surface area (Å²) in [6.45, 7) is 1.21. The maximum atomic E-state index is 12.7. The zero-order chi connectivity index (χ0) is 18.9. The summed E-state index contributed by atoms with van der Waals surface area (Å²) in [5, 5.41) is 3.10. The van der Waals surface area contributed by atoms with Crippen molar-refractivity contribution in [2.24, 2.45) is 0 Å². The first-order valence-electron chi connectivity index (χ1n) is 9.55. The molecule has 1 saturated carbocycles. The number of benzene rings is 1. The summed E-state index contributed by atoms with van der Waals surface area (Å²) in [5.74, 6) is -0.0507. The molecule has 0 atom stereocenters. The summed E-state index contributed by atoms with van der Waals surface area (Å²) in [6.07, 6.45) is 6.30. The predicted octanol–water partition coefficient (Wildman–Crippen LogP) is 3.87. The molecule has 1 aromatic carbocycles. The Bertz CT molecular complexity index is 924. The van der Waals surface area contributed by atoms with Gasteiger partial charge in [0.2, 0.25) is 0 Å². The number of rotatable bonds is 5. The van der Waals surface area contributed by atoms with E-state index < -0.39 is 10.0 Å². The maximum absolute atomic E-state index is 12.7. The highest BCUT2D eigenvalue weighted by molar-refractivity contribution is 7.91. The molecule has 2 heterocycles. The number of hydrogen-bond donors (Lipinski definition) is 1. The molecule has 0 radical (unpaired) electrons. The molecule has 2 aliphatic rings. The topological polar surface area (TPSA) is 66.5 Å². The standard InChI is InChI=1S/C20H24N2O3S2/c23-20(21-17-8-1-2-9-17)16-7-5-6-15(14-16)18-10-11-19(26-18)27(24,25)22-12-3-4-13-22/h5-7,10-11,14,17H,1-4,8-9,12-13H2,(H,21,23). The molecule has 1 saturated heterocycles.